The van der Waals surface area contributed by atoms with E-state index in [1.165, 1.54) is 24.3 Å². The Morgan fingerprint density at radius 1 is 1.64 bits per heavy atom. The Balaban J connectivity index is 2.84. The molecular formula is C10H8BrFO2. The molecule has 0 N–H and O–H groups in total. The van der Waals surface area contributed by atoms with Gasteiger partial charge < -0.3 is 4.74 Å². The van der Waals surface area contributed by atoms with Crippen LogP contribution in [0.2, 0.25) is 0 Å². The molecule has 0 amide bonds. The van der Waals surface area contributed by atoms with E-state index in [0.717, 1.165) is 0 Å². The molecule has 1 aromatic carbocycles. The van der Waals surface area contributed by atoms with Crippen molar-refractivity contribution in [1.29, 1.82) is 0 Å². The summed E-state index contributed by atoms with van der Waals surface area (Å²) in [7, 11) is 0. The van der Waals surface area contributed by atoms with Crippen LogP contribution >= 0.6 is 15.9 Å². The van der Waals surface area contributed by atoms with Crippen LogP contribution in [0.5, 0.6) is 0 Å². The van der Waals surface area contributed by atoms with Gasteiger partial charge in [-0.05, 0) is 34.1 Å². The molecular weight excluding hydrogens is 251 g/mol. The molecule has 0 unspecified atom stereocenters. The van der Waals surface area contributed by atoms with E-state index in [0.29, 0.717) is 10.0 Å². The highest BCUT2D eigenvalue weighted by Crippen LogP contribution is 2.18. The first-order valence-electron chi connectivity index (χ1n) is 3.88. The Bertz CT molecular complexity index is 363. The molecule has 1 aromatic rings. The van der Waals surface area contributed by atoms with Crippen LogP contribution in [-0.2, 0) is 4.74 Å². The average molecular weight is 259 g/mol. The number of benzene rings is 1. The maximum atomic E-state index is 12.7. The standard InChI is InChI=1S/C10H8BrFO2/c1-2-5-14-10(13)8-4-3-7(12)6-9(8)11/h2-4,6H,1,5H2. The van der Waals surface area contributed by atoms with Crippen molar-refractivity contribution in [2.75, 3.05) is 6.61 Å². The zero-order chi connectivity index (χ0) is 10.6. The van der Waals surface area contributed by atoms with Gasteiger partial charge in [-0.25, -0.2) is 9.18 Å². The Morgan fingerprint density at radius 3 is 2.93 bits per heavy atom. The number of carbonyl (C=O) groups is 1. The summed E-state index contributed by atoms with van der Waals surface area (Å²) in [6, 6.07) is 3.78. The van der Waals surface area contributed by atoms with E-state index in [1.807, 2.05) is 0 Å². The number of ether oxygens (including phenoxy) is 1. The third kappa shape index (κ3) is 2.67. The zero-order valence-corrected chi connectivity index (χ0v) is 8.88. The molecule has 14 heavy (non-hydrogen) atoms. The van der Waals surface area contributed by atoms with Gasteiger partial charge in [-0.15, -0.1) is 0 Å². The first-order chi connectivity index (χ1) is 6.65. The smallest absolute Gasteiger partial charge is 0.339 e. The summed E-state index contributed by atoms with van der Waals surface area (Å²) in [4.78, 5) is 11.3. The molecule has 2 nitrogen and oxygen atoms in total. The van der Waals surface area contributed by atoms with Crippen molar-refractivity contribution in [2.24, 2.45) is 0 Å². The van der Waals surface area contributed by atoms with Crippen molar-refractivity contribution in [2.45, 2.75) is 0 Å². The first-order valence-corrected chi connectivity index (χ1v) is 4.67. The minimum atomic E-state index is -0.503. The monoisotopic (exact) mass is 258 g/mol. The number of hydrogen-bond acceptors (Lipinski definition) is 2. The molecule has 0 radical (unpaired) electrons. The summed E-state index contributed by atoms with van der Waals surface area (Å²) in [5, 5.41) is 0. The van der Waals surface area contributed by atoms with Crippen LogP contribution in [0, 0.1) is 5.82 Å². The Morgan fingerprint density at radius 2 is 2.36 bits per heavy atom. The van der Waals surface area contributed by atoms with Gasteiger partial charge in [0.1, 0.15) is 12.4 Å². The highest BCUT2D eigenvalue weighted by Gasteiger charge is 2.10. The fourth-order valence-corrected chi connectivity index (χ4v) is 1.38. The lowest BCUT2D eigenvalue weighted by Crippen LogP contribution is -2.05. The molecule has 0 saturated carbocycles. The quantitative estimate of drug-likeness (QED) is 0.616. The summed E-state index contributed by atoms with van der Waals surface area (Å²) in [6.07, 6.45) is 1.47. The molecule has 0 aromatic heterocycles. The normalized spacial score (nSPS) is 9.57. The summed E-state index contributed by atoms with van der Waals surface area (Å²) in [6.45, 7) is 3.56. The minimum absolute atomic E-state index is 0.142. The predicted molar refractivity (Wildman–Crippen MR) is 54.6 cm³/mol. The van der Waals surface area contributed by atoms with Crippen LogP contribution in [-0.4, -0.2) is 12.6 Å². The van der Waals surface area contributed by atoms with Gasteiger partial charge in [-0.1, -0.05) is 12.7 Å². The summed E-state index contributed by atoms with van der Waals surface area (Å²) < 4.78 is 17.8. The largest absolute Gasteiger partial charge is 0.458 e. The fraction of sp³-hybridized carbons (Fsp3) is 0.100. The van der Waals surface area contributed by atoms with Crippen LogP contribution in [0.1, 0.15) is 10.4 Å². The zero-order valence-electron chi connectivity index (χ0n) is 7.30. The van der Waals surface area contributed by atoms with Gasteiger partial charge >= 0.3 is 5.97 Å². The van der Waals surface area contributed by atoms with Crippen LogP contribution < -0.4 is 0 Å². The van der Waals surface area contributed by atoms with Gasteiger partial charge in [0, 0.05) is 4.47 Å². The summed E-state index contributed by atoms with van der Waals surface area (Å²) in [5.74, 6) is -0.908. The van der Waals surface area contributed by atoms with E-state index in [1.54, 1.807) is 0 Å². The molecule has 0 spiro atoms. The molecule has 1 rings (SSSR count). The van der Waals surface area contributed by atoms with E-state index >= 15 is 0 Å². The van der Waals surface area contributed by atoms with Crippen LogP contribution in [0.25, 0.3) is 0 Å². The predicted octanol–water partition coefficient (Wildman–Crippen LogP) is 2.93. The van der Waals surface area contributed by atoms with E-state index in [4.69, 9.17) is 4.74 Å². The number of carbonyl (C=O) groups excluding carboxylic acids is 1. The summed E-state index contributed by atoms with van der Waals surface area (Å²) >= 11 is 3.07. The molecule has 74 valence electrons. The lowest BCUT2D eigenvalue weighted by atomic mass is 10.2. The van der Waals surface area contributed by atoms with E-state index in [2.05, 4.69) is 22.5 Å². The number of esters is 1. The second-order valence-corrected chi connectivity index (χ2v) is 3.37. The lowest BCUT2D eigenvalue weighted by Gasteiger charge is -2.03. The minimum Gasteiger partial charge on any atom is -0.458 e. The fourth-order valence-electron chi connectivity index (χ4n) is 0.867. The molecule has 0 aliphatic rings. The number of hydrogen-bond donors (Lipinski definition) is 0. The highest BCUT2D eigenvalue weighted by molar-refractivity contribution is 9.10. The van der Waals surface area contributed by atoms with Gasteiger partial charge in [0.05, 0.1) is 5.56 Å². The van der Waals surface area contributed by atoms with Gasteiger partial charge in [0.2, 0.25) is 0 Å². The molecule has 0 atom stereocenters. The van der Waals surface area contributed by atoms with Crippen LogP contribution in [0.3, 0.4) is 0 Å². The van der Waals surface area contributed by atoms with Gasteiger partial charge in [0.25, 0.3) is 0 Å². The third-order valence-electron chi connectivity index (χ3n) is 1.48. The van der Waals surface area contributed by atoms with Gasteiger partial charge in [-0.2, -0.15) is 0 Å². The average Bonchev–Trinajstić information content (AvgIpc) is 2.14. The molecule has 0 aliphatic heterocycles. The van der Waals surface area contributed by atoms with E-state index in [-0.39, 0.29) is 6.61 Å². The SMILES string of the molecule is C=CCOC(=O)c1ccc(F)cc1Br. The molecule has 0 aliphatic carbocycles. The van der Waals surface area contributed by atoms with Crippen molar-refractivity contribution >= 4 is 21.9 Å². The second-order valence-electron chi connectivity index (χ2n) is 2.51. The molecule has 0 heterocycles. The van der Waals surface area contributed by atoms with Crippen molar-refractivity contribution in [1.82, 2.24) is 0 Å². The van der Waals surface area contributed by atoms with Crippen LogP contribution in [0.4, 0.5) is 4.39 Å². The molecule has 4 heteroatoms. The number of halogens is 2. The second kappa shape index (κ2) is 4.91. The van der Waals surface area contributed by atoms with Crippen molar-refractivity contribution in [3.63, 3.8) is 0 Å². The maximum Gasteiger partial charge on any atom is 0.339 e. The van der Waals surface area contributed by atoms with Gasteiger partial charge in [-0.3, -0.25) is 0 Å². The topological polar surface area (TPSA) is 26.3 Å². The molecule has 0 saturated heterocycles. The third-order valence-corrected chi connectivity index (χ3v) is 2.14. The summed E-state index contributed by atoms with van der Waals surface area (Å²) in [5.41, 5.74) is 0.299. The van der Waals surface area contributed by atoms with Crippen molar-refractivity contribution in [3.05, 3.63) is 46.7 Å². The Kier molecular flexibility index (Phi) is 3.83. The van der Waals surface area contributed by atoms with Gasteiger partial charge in [0.15, 0.2) is 0 Å². The lowest BCUT2D eigenvalue weighted by molar-refractivity contribution is 0.0548. The molecule has 0 bridgehead atoms. The number of rotatable bonds is 3. The Labute approximate surface area is 89.5 Å². The van der Waals surface area contributed by atoms with E-state index < -0.39 is 11.8 Å². The molecule has 0 fully saturated rings. The maximum absolute atomic E-state index is 12.7. The van der Waals surface area contributed by atoms with Crippen molar-refractivity contribution < 1.29 is 13.9 Å². The van der Waals surface area contributed by atoms with E-state index in [9.17, 15) is 9.18 Å². The van der Waals surface area contributed by atoms with Crippen LogP contribution in [0.15, 0.2) is 35.3 Å². The first kappa shape index (κ1) is 10.9. The highest BCUT2D eigenvalue weighted by atomic mass is 79.9. The van der Waals surface area contributed by atoms with Crippen molar-refractivity contribution in [3.8, 4) is 0 Å². The Hall–Kier alpha value is -1.16.